The van der Waals surface area contributed by atoms with Crippen LogP contribution in [0.3, 0.4) is 0 Å². The molecule has 0 spiro atoms. The third-order valence-electron chi connectivity index (χ3n) is 4.89. The van der Waals surface area contributed by atoms with E-state index in [0.717, 1.165) is 23.4 Å². The van der Waals surface area contributed by atoms with Gasteiger partial charge in [-0.15, -0.1) is 0 Å². The van der Waals surface area contributed by atoms with E-state index < -0.39 is 22.8 Å². The van der Waals surface area contributed by atoms with E-state index in [9.17, 15) is 13.2 Å². The van der Waals surface area contributed by atoms with Crippen molar-refractivity contribution in [2.24, 2.45) is 4.99 Å². The first-order chi connectivity index (χ1) is 13.5. The van der Waals surface area contributed by atoms with Crippen molar-refractivity contribution in [3.63, 3.8) is 0 Å². The van der Waals surface area contributed by atoms with Crippen LogP contribution in [-0.4, -0.2) is 23.5 Å². The van der Waals surface area contributed by atoms with Gasteiger partial charge in [0.1, 0.15) is 5.84 Å². The molecule has 150 valence electrons. The predicted molar refractivity (Wildman–Crippen MR) is 112 cm³/mol. The minimum Gasteiger partial charge on any atom is -0.305 e. The third kappa shape index (κ3) is 3.47. The maximum Gasteiger partial charge on any atom is 0.417 e. The summed E-state index contributed by atoms with van der Waals surface area (Å²) in [5, 5.41) is 9.38. The zero-order chi connectivity index (χ0) is 21.6. The van der Waals surface area contributed by atoms with Crippen LogP contribution in [0.4, 0.5) is 24.5 Å². The van der Waals surface area contributed by atoms with E-state index in [1.807, 2.05) is 49.9 Å². The van der Waals surface area contributed by atoms with Gasteiger partial charge in [0, 0.05) is 12.7 Å². The molecule has 1 aliphatic heterocycles. The molecule has 0 unspecified atom stereocenters. The molecule has 2 aromatic carbocycles. The average molecular weight is 416 g/mol. The van der Waals surface area contributed by atoms with Crippen molar-refractivity contribution < 1.29 is 13.2 Å². The number of alkyl halides is 3. The van der Waals surface area contributed by atoms with E-state index in [-0.39, 0.29) is 5.69 Å². The molecule has 0 saturated carbocycles. The van der Waals surface area contributed by atoms with Gasteiger partial charge in [0.05, 0.1) is 28.4 Å². The average Bonchev–Trinajstić information content (AvgIpc) is 2.86. The molecule has 1 aliphatic rings. The molecule has 0 aromatic heterocycles. The Kier molecular flexibility index (Phi) is 5.13. The lowest BCUT2D eigenvalue weighted by Crippen LogP contribution is -2.44. The normalized spacial score (nSPS) is 17.7. The first-order valence-corrected chi connectivity index (χ1v) is 9.22. The van der Waals surface area contributed by atoms with Gasteiger partial charge in [-0.25, -0.2) is 0 Å². The largest absolute Gasteiger partial charge is 0.417 e. The first kappa shape index (κ1) is 20.8. The van der Waals surface area contributed by atoms with Gasteiger partial charge in [0.2, 0.25) is 0 Å². The molecule has 2 aromatic rings. The highest BCUT2D eigenvalue weighted by Crippen LogP contribution is 2.40. The Hall–Kier alpha value is -2.92. The number of nitrogens with zero attached hydrogens (tertiary/aromatic N) is 4. The van der Waals surface area contributed by atoms with Gasteiger partial charge in [-0.2, -0.15) is 18.4 Å². The monoisotopic (exact) mass is 416 g/mol. The van der Waals surface area contributed by atoms with Crippen LogP contribution in [0.1, 0.15) is 30.5 Å². The number of nitriles is 1. The SMILES string of the molecule is C/N=C1/N(c2ccc(C#N)c(C(F)(F)F)c2)C(=S)N(c2ccc(C)cc2)C1(C)C. The van der Waals surface area contributed by atoms with Crippen LogP contribution in [0.15, 0.2) is 47.5 Å². The standard InChI is InChI=1S/C21H19F3N4S/c1-13-5-8-15(9-6-13)28-19(29)27(18(26-4)20(28,2)3)16-10-7-14(12-25)17(11-16)21(22,23)24/h5-11H,1-4H3/b26-18+. The Morgan fingerprint density at radius 1 is 1.07 bits per heavy atom. The summed E-state index contributed by atoms with van der Waals surface area (Å²) in [6.45, 7) is 5.80. The van der Waals surface area contributed by atoms with Crippen LogP contribution in [0.5, 0.6) is 0 Å². The molecule has 0 radical (unpaired) electrons. The Bertz CT molecular complexity index is 1030. The molecule has 4 nitrogen and oxygen atoms in total. The molecule has 29 heavy (non-hydrogen) atoms. The summed E-state index contributed by atoms with van der Waals surface area (Å²) < 4.78 is 40.4. The van der Waals surface area contributed by atoms with Crippen molar-refractivity contribution in [3.8, 4) is 6.07 Å². The van der Waals surface area contributed by atoms with Crippen LogP contribution in [0.2, 0.25) is 0 Å². The number of hydrogen-bond donors (Lipinski definition) is 0. The van der Waals surface area contributed by atoms with E-state index in [2.05, 4.69) is 4.99 Å². The third-order valence-corrected chi connectivity index (χ3v) is 5.26. The highest BCUT2D eigenvalue weighted by molar-refractivity contribution is 7.81. The van der Waals surface area contributed by atoms with Crippen molar-refractivity contribution in [2.45, 2.75) is 32.5 Å². The Labute approximate surface area is 172 Å². The van der Waals surface area contributed by atoms with Crippen LogP contribution in [-0.2, 0) is 6.18 Å². The fraction of sp³-hybridized carbons (Fsp3) is 0.286. The zero-order valence-corrected chi connectivity index (χ0v) is 17.2. The number of hydrogen-bond acceptors (Lipinski definition) is 3. The van der Waals surface area contributed by atoms with Crippen molar-refractivity contribution in [1.82, 2.24) is 0 Å². The van der Waals surface area contributed by atoms with Crippen molar-refractivity contribution in [1.29, 1.82) is 5.26 Å². The molecule has 3 rings (SSSR count). The maximum atomic E-state index is 13.5. The van der Waals surface area contributed by atoms with E-state index in [1.54, 1.807) is 13.1 Å². The minimum atomic E-state index is -4.65. The summed E-state index contributed by atoms with van der Waals surface area (Å²) in [6.07, 6.45) is -4.65. The Morgan fingerprint density at radius 3 is 2.17 bits per heavy atom. The number of aryl methyl sites for hydroxylation is 1. The van der Waals surface area contributed by atoms with E-state index in [4.69, 9.17) is 17.5 Å². The molecule has 0 bridgehead atoms. The second-order valence-corrected chi connectivity index (χ2v) is 7.60. The van der Waals surface area contributed by atoms with E-state index in [1.165, 1.54) is 11.0 Å². The van der Waals surface area contributed by atoms with Gasteiger partial charge in [-0.1, -0.05) is 17.7 Å². The van der Waals surface area contributed by atoms with Crippen LogP contribution >= 0.6 is 12.2 Å². The van der Waals surface area contributed by atoms with E-state index >= 15 is 0 Å². The van der Waals surface area contributed by atoms with E-state index in [0.29, 0.717) is 10.9 Å². The molecular weight excluding hydrogens is 397 g/mol. The molecule has 0 atom stereocenters. The number of benzene rings is 2. The van der Waals surface area contributed by atoms with Crippen LogP contribution in [0, 0.1) is 18.3 Å². The maximum absolute atomic E-state index is 13.5. The molecule has 1 heterocycles. The van der Waals surface area contributed by atoms with Crippen molar-refractivity contribution in [2.75, 3.05) is 16.8 Å². The van der Waals surface area contributed by atoms with Crippen LogP contribution < -0.4 is 9.80 Å². The number of halogens is 3. The van der Waals surface area contributed by atoms with Gasteiger partial charge >= 0.3 is 6.18 Å². The predicted octanol–water partition coefficient (Wildman–Crippen LogP) is 5.30. The van der Waals surface area contributed by atoms with Gasteiger partial charge in [-0.05, 0) is 63.3 Å². The lowest BCUT2D eigenvalue weighted by Gasteiger charge is -2.31. The number of thiocarbonyl (C=S) groups is 1. The zero-order valence-electron chi connectivity index (χ0n) is 16.4. The highest BCUT2D eigenvalue weighted by Gasteiger charge is 2.48. The Balaban J connectivity index is 2.16. The molecular formula is C21H19F3N4S. The lowest BCUT2D eigenvalue weighted by atomic mass is 10.0. The molecule has 1 fully saturated rings. The highest BCUT2D eigenvalue weighted by atomic mass is 32.1. The first-order valence-electron chi connectivity index (χ1n) is 8.82. The molecule has 0 N–H and O–H groups in total. The van der Waals surface area contributed by atoms with Crippen molar-refractivity contribution >= 4 is 34.5 Å². The molecule has 1 saturated heterocycles. The second kappa shape index (κ2) is 7.16. The summed E-state index contributed by atoms with van der Waals surface area (Å²) in [6, 6.07) is 12.9. The number of aliphatic imine (C=N–C) groups is 1. The quantitative estimate of drug-likeness (QED) is 0.623. The van der Waals surface area contributed by atoms with Gasteiger partial charge in [-0.3, -0.25) is 9.89 Å². The smallest absolute Gasteiger partial charge is 0.305 e. The second-order valence-electron chi connectivity index (χ2n) is 7.23. The molecule has 0 amide bonds. The summed E-state index contributed by atoms with van der Waals surface area (Å²) in [7, 11) is 1.58. The van der Waals surface area contributed by atoms with Crippen LogP contribution in [0.25, 0.3) is 0 Å². The molecule has 8 heteroatoms. The molecule has 0 aliphatic carbocycles. The fourth-order valence-electron chi connectivity index (χ4n) is 3.54. The number of rotatable bonds is 2. The van der Waals surface area contributed by atoms with Gasteiger partial charge < -0.3 is 4.90 Å². The number of anilines is 2. The topological polar surface area (TPSA) is 42.6 Å². The van der Waals surface area contributed by atoms with Gasteiger partial charge in [0.15, 0.2) is 5.11 Å². The summed E-state index contributed by atoms with van der Waals surface area (Å²) in [5.41, 5.74) is -0.00497. The summed E-state index contributed by atoms with van der Waals surface area (Å²) in [5.74, 6) is 0.515. The number of amidine groups is 1. The lowest BCUT2D eigenvalue weighted by molar-refractivity contribution is -0.137. The fourth-order valence-corrected chi connectivity index (χ4v) is 4.07. The summed E-state index contributed by atoms with van der Waals surface area (Å²) in [4.78, 5) is 7.75. The van der Waals surface area contributed by atoms with Gasteiger partial charge in [0.25, 0.3) is 0 Å². The van der Waals surface area contributed by atoms with Crippen molar-refractivity contribution in [3.05, 3.63) is 59.2 Å². The summed E-state index contributed by atoms with van der Waals surface area (Å²) >= 11 is 5.67. The minimum absolute atomic E-state index is 0.213. The Morgan fingerprint density at radius 2 is 1.66 bits per heavy atom.